The van der Waals surface area contributed by atoms with Crippen LogP contribution >= 0.6 is 0 Å². The number of carbonyl (C=O) groups is 3. The second-order valence-corrected chi connectivity index (χ2v) is 2.82. The smallest absolute Gasteiger partial charge is 0.323 e. The number of carbonyl (C=O) groups excluding carboxylic acids is 3. The molecule has 0 saturated heterocycles. The predicted octanol–water partition coefficient (Wildman–Crippen LogP) is -2.35. The maximum absolute atomic E-state index is 11.1. The van der Waals surface area contributed by atoms with Crippen LogP contribution in [-0.2, 0) is 19.1 Å². The molecule has 1 atom stereocenters. The minimum absolute atomic E-state index is 0.0357. The van der Waals surface area contributed by atoms with Crippen molar-refractivity contribution in [2.24, 2.45) is 5.73 Å². The molecule has 0 aliphatic rings. The third-order valence-electron chi connectivity index (χ3n) is 1.58. The van der Waals surface area contributed by atoms with E-state index in [2.05, 4.69) is 4.74 Å². The molecule has 9 heteroatoms. The Hall–Kier alpha value is -1.71. The van der Waals surface area contributed by atoms with Crippen molar-refractivity contribution < 1.29 is 29.5 Å². The largest absolute Gasteiger partial charge is 0.454 e. The maximum Gasteiger partial charge on any atom is 0.323 e. The first-order valence-electron chi connectivity index (χ1n) is 4.29. The molecular formula is C7H13N3O6. The first-order valence-corrected chi connectivity index (χ1v) is 4.29. The summed E-state index contributed by atoms with van der Waals surface area (Å²) in [5, 5.41) is 16.2. The lowest BCUT2D eigenvalue weighted by Gasteiger charge is -2.09. The SMILES string of the molecule is N[C@@H](CCC(=O)NO)C(=O)OCC(=O)NO. The molecule has 0 aliphatic heterocycles. The van der Waals surface area contributed by atoms with Gasteiger partial charge in [0, 0.05) is 6.42 Å². The van der Waals surface area contributed by atoms with E-state index in [4.69, 9.17) is 16.1 Å². The fourth-order valence-electron chi connectivity index (χ4n) is 0.736. The van der Waals surface area contributed by atoms with Crippen LogP contribution in [0.3, 0.4) is 0 Å². The molecule has 9 nitrogen and oxygen atoms in total. The van der Waals surface area contributed by atoms with Crippen molar-refractivity contribution in [1.29, 1.82) is 0 Å². The summed E-state index contributed by atoms with van der Waals surface area (Å²) < 4.78 is 4.39. The zero-order valence-electron chi connectivity index (χ0n) is 8.30. The van der Waals surface area contributed by atoms with E-state index < -0.39 is 30.4 Å². The minimum Gasteiger partial charge on any atom is -0.454 e. The average Bonchev–Trinajstić information content (AvgIpc) is 2.31. The normalized spacial score (nSPS) is 11.4. The molecule has 0 aromatic carbocycles. The molecule has 0 heterocycles. The molecule has 0 radical (unpaired) electrons. The lowest BCUT2D eigenvalue weighted by molar-refractivity contribution is -0.152. The molecule has 0 spiro atoms. The zero-order valence-corrected chi connectivity index (χ0v) is 8.30. The molecule has 0 aromatic rings. The van der Waals surface area contributed by atoms with Crippen molar-refractivity contribution in [1.82, 2.24) is 11.0 Å². The van der Waals surface area contributed by atoms with Crippen LogP contribution in [0.15, 0.2) is 0 Å². The summed E-state index contributed by atoms with van der Waals surface area (Å²) in [6.07, 6.45) is -0.190. The Labute approximate surface area is 90.5 Å². The molecule has 0 aromatic heterocycles. The summed E-state index contributed by atoms with van der Waals surface area (Å²) in [7, 11) is 0. The maximum atomic E-state index is 11.1. The van der Waals surface area contributed by atoms with Gasteiger partial charge in [-0.1, -0.05) is 0 Å². The second kappa shape index (κ2) is 7.56. The fourth-order valence-corrected chi connectivity index (χ4v) is 0.736. The zero-order chi connectivity index (χ0) is 12.6. The van der Waals surface area contributed by atoms with Crippen molar-refractivity contribution in [3.8, 4) is 0 Å². The number of esters is 1. The molecule has 0 saturated carbocycles. The number of hydrogen-bond donors (Lipinski definition) is 5. The lowest BCUT2D eigenvalue weighted by atomic mass is 10.1. The summed E-state index contributed by atoms with van der Waals surface area (Å²) >= 11 is 0. The van der Waals surface area contributed by atoms with Crippen molar-refractivity contribution >= 4 is 17.8 Å². The number of hydrogen-bond acceptors (Lipinski definition) is 7. The second-order valence-electron chi connectivity index (χ2n) is 2.82. The van der Waals surface area contributed by atoms with Gasteiger partial charge in [0.05, 0.1) is 0 Å². The number of nitrogens with one attached hydrogen (secondary N) is 2. The Morgan fingerprint density at radius 2 is 1.75 bits per heavy atom. The monoisotopic (exact) mass is 235 g/mol. The van der Waals surface area contributed by atoms with Crippen LogP contribution in [0, 0.1) is 0 Å². The van der Waals surface area contributed by atoms with E-state index >= 15 is 0 Å². The van der Waals surface area contributed by atoms with E-state index in [1.54, 1.807) is 0 Å². The van der Waals surface area contributed by atoms with Crippen LogP contribution in [0.25, 0.3) is 0 Å². The predicted molar refractivity (Wildman–Crippen MR) is 48.0 cm³/mol. The van der Waals surface area contributed by atoms with E-state index in [9.17, 15) is 14.4 Å². The Kier molecular flexibility index (Phi) is 6.76. The Morgan fingerprint density at radius 3 is 2.25 bits per heavy atom. The van der Waals surface area contributed by atoms with Gasteiger partial charge < -0.3 is 10.5 Å². The molecule has 0 bridgehead atoms. The van der Waals surface area contributed by atoms with Crippen LogP contribution in [0.4, 0.5) is 0 Å². The topological polar surface area (TPSA) is 151 Å². The van der Waals surface area contributed by atoms with Gasteiger partial charge in [0.15, 0.2) is 6.61 Å². The van der Waals surface area contributed by atoms with Gasteiger partial charge >= 0.3 is 5.97 Å². The fraction of sp³-hybridized carbons (Fsp3) is 0.571. The van der Waals surface area contributed by atoms with Gasteiger partial charge in [-0.15, -0.1) is 0 Å². The molecule has 0 rings (SSSR count). The molecule has 92 valence electrons. The van der Waals surface area contributed by atoms with Crippen LogP contribution in [0.2, 0.25) is 0 Å². The summed E-state index contributed by atoms with van der Waals surface area (Å²) in [5.41, 5.74) is 7.96. The third kappa shape index (κ3) is 5.90. The summed E-state index contributed by atoms with van der Waals surface area (Å²) in [4.78, 5) is 32.1. The molecule has 2 amide bonds. The first-order chi connectivity index (χ1) is 7.51. The lowest BCUT2D eigenvalue weighted by Crippen LogP contribution is -2.36. The highest BCUT2D eigenvalue weighted by atomic mass is 16.5. The van der Waals surface area contributed by atoms with Crippen LogP contribution in [0.1, 0.15) is 12.8 Å². The number of ether oxygens (including phenoxy) is 1. The van der Waals surface area contributed by atoms with Crippen molar-refractivity contribution in [2.45, 2.75) is 18.9 Å². The molecular weight excluding hydrogens is 222 g/mol. The number of hydroxylamine groups is 2. The summed E-state index contributed by atoms with van der Waals surface area (Å²) in [5.74, 6) is -2.46. The highest BCUT2D eigenvalue weighted by Gasteiger charge is 2.17. The van der Waals surface area contributed by atoms with E-state index in [-0.39, 0.29) is 12.8 Å². The Morgan fingerprint density at radius 1 is 1.19 bits per heavy atom. The third-order valence-corrected chi connectivity index (χ3v) is 1.58. The van der Waals surface area contributed by atoms with Crippen LogP contribution < -0.4 is 16.7 Å². The molecule has 0 aliphatic carbocycles. The number of amides is 2. The van der Waals surface area contributed by atoms with Gasteiger partial charge in [-0.3, -0.25) is 24.8 Å². The molecule has 0 fully saturated rings. The first kappa shape index (κ1) is 14.3. The average molecular weight is 235 g/mol. The van der Waals surface area contributed by atoms with Gasteiger partial charge in [-0.2, -0.15) is 0 Å². The van der Waals surface area contributed by atoms with Crippen molar-refractivity contribution in [3.63, 3.8) is 0 Å². The van der Waals surface area contributed by atoms with E-state index in [0.717, 1.165) is 0 Å². The quantitative estimate of drug-likeness (QED) is 0.196. The standard InChI is InChI=1S/C7H13N3O6/c8-4(1-2-5(11)9-14)7(13)16-3-6(12)10-15/h4,14-15H,1-3,8H2,(H,9,11)(H,10,12)/t4-/m0/s1. The van der Waals surface area contributed by atoms with Crippen molar-refractivity contribution in [2.75, 3.05) is 6.61 Å². The summed E-state index contributed by atoms with van der Waals surface area (Å²) in [6, 6.07) is -1.08. The van der Waals surface area contributed by atoms with Gasteiger partial charge in [0.25, 0.3) is 5.91 Å². The molecule has 16 heavy (non-hydrogen) atoms. The molecule has 0 unspecified atom stereocenters. The highest BCUT2D eigenvalue weighted by molar-refractivity contribution is 5.82. The highest BCUT2D eigenvalue weighted by Crippen LogP contribution is 1.97. The molecule has 6 N–H and O–H groups in total. The summed E-state index contributed by atoms with van der Waals surface area (Å²) in [6.45, 7) is -0.658. The Bertz CT molecular complexity index is 269. The minimum atomic E-state index is -1.08. The van der Waals surface area contributed by atoms with Gasteiger partial charge in [-0.25, -0.2) is 11.0 Å². The number of rotatable bonds is 6. The number of nitrogens with two attached hydrogens (primary N) is 1. The Balaban J connectivity index is 3.81. The van der Waals surface area contributed by atoms with Crippen molar-refractivity contribution in [3.05, 3.63) is 0 Å². The van der Waals surface area contributed by atoms with Gasteiger partial charge in [0.2, 0.25) is 5.91 Å². The van der Waals surface area contributed by atoms with E-state index in [1.807, 2.05) is 0 Å². The van der Waals surface area contributed by atoms with Gasteiger partial charge in [-0.05, 0) is 6.42 Å². The van der Waals surface area contributed by atoms with Crippen LogP contribution in [0.5, 0.6) is 0 Å². The van der Waals surface area contributed by atoms with E-state index in [0.29, 0.717) is 0 Å². The van der Waals surface area contributed by atoms with E-state index in [1.165, 1.54) is 11.0 Å². The van der Waals surface area contributed by atoms with Gasteiger partial charge in [0.1, 0.15) is 6.04 Å². The van der Waals surface area contributed by atoms with Crippen LogP contribution in [-0.4, -0.2) is 40.8 Å².